The number of ether oxygens (including phenoxy) is 1. The average molecular weight is 180 g/mol. The third-order valence-corrected chi connectivity index (χ3v) is 1.32. The van der Waals surface area contributed by atoms with Gasteiger partial charge < -0.3 is 9.53 Å². The monoisotopic (exact) mass is 180 g/mol. The van der Waals surface area contributed by atoms with Crippen LogP contribution in [-0.4, -0.2) is 22.2 Å². The van der Waals surface area contributed by atoms with Crippen molar-refractivity contribution >= 4 is 12.3 Å². The maximum Gasteiger partial charge on any atom is 0.322 e. The first-order valence-electron chi connectivity index (χ1n) is 3.67. The Kier molecular flexibility index (Phi) is 3.08. The van der Waals surface area contributed by atoms with Crippen molar-refractivity contribution in [1.29, 1.82) is 0 Å². The molecule has 0 saturated heterocycles. The second-order valence-electron chi connectivity index (χ2n) is 2.39. The fraction of sp³-hybridized carbons (Fsp3) is 0.250. The minimum Gasteiger partial charge on any atom is -0.405 e. The van der Waals surface area contributed by atoms with Crippen LogP contribution in [0.5, 0.6) is 5.88 Å². The molecule has 0 aliphatic carbocycles. The van der Waals surface area contributed by atoms with Gasteiger partial charge in [-0.15, -0.1) is 0 Å². The largest absolute Gasteiger partial charge is 0.405 e. The molecule has 1 unspecified atom stereocenters. The molecule has 5 heteroatoms. The van der Waals surface area contributed by atoms with Crippen LogP contribution in [0.25, 0.3) is 0 Å². The van der Waals surface area contributed by atoms with Crippen LogP contribution in [0.3, 0.4) is 0 Å². The maximum absolute atomic E-state index is 11.0. The molecule has 1 heterocycles. The van der Waals surface area contributed by atoms with Crippen LogP contribution in [-0.2, 0) is 9.59 Å². The van der Waals surface area contributed by atoms with Gasteiger partial charge in [0.2, 0.25) is 5.88 Å². The number of rotatable bonds is 3. The summed E-state index contributed by atoms with van der Waals surface area (Å²) in [4.78, 5) is 28.6. The molecule has 0 radical (unpaired) electrons. The Hall–Kier alpha value is -1.78. The first-order valence-corrected chi connectivity index (χ1v) is 3.67. The van der Waals surface area contributed by atoms with Crippen molar-refractivity contribution in [1.82, 2.24) is 9.97 Å². The maximum atomic E-state index is 11.0. The van der Waals surface area contributed by atoms with Gasteiger partial charge >= 0.3 is 5.97 Å². The highest BCUT2D eigenvalue weighted by Gasteiger charge is 2.14. The lowest BCUT2D eigenvalue weighted by atomic mass is 10.2. The zero-order chi connectivity index (χ0) is 9.68. The van der Waals surface area contributed by atoms with E-state index in [9.17, 15) is 9.59 Å². The van der Waals surface area contributed by atoms with Gasteiger partial charge in [0, 0.05) is 12.4 Å². The molecule has 0 fully saturated rings. The van der Waals surface area contributed by atoms with Crippen molar-refractivity contribution in [2.75, 3.05) is 0 Å². The first-order chi connectivity index (χ1) is 6.24. The molecule has 5 nitrogen and oxygen atoms in total. The molecular weight excluding hydrogens is 172 g/mol. The molecule has 68 valence electrons. The minimum atomic E-state index is -0.776. The molecule has 0 N–H and O–H groups in total. The van der Waals surface area contributed by atoms with E-state index >= 15 is 0 Å². The normalized spacial score (nSPS) is 11.8. The number of carbonyl (C=O) groups is 2. The van der Waals surface area contributed by atoms with Gasteiger partial charge in [0.25, 0.3) is 0 Å². The van der Waals surface area contributed by atoms with Crippen LogP contribution >= 0.6 is 0 Å². The Morgan fingerprint density at radius 3 is 2.92 bits per heavy atom. The number of aldehydes is 1. The number of hydrogen-bond donors (Lipinski definition) is 0. The zero-order valence-electron chi connectivity index (χ0n) is 7.01. The Bertz CT molecular complexity index is 300. The van der Waals surface area contributed by atoms with Gasteiger partial charge in [-0.1, -0.05) is 0 Å². The van der Waals surface area contributed by atoms with Crippen molar-refractivity contribution in [2.45, 2.75) is 6.92 Å². The highest BCUT2D eigenvalue weighted by Crippen LogP contribution is 2.03. The molecule has 0 bridgehead atoms. The van der Waals surface area contributed by atoms with Gasteiger partial charge in [-0.3, -0.25) is 9.78 Å². The summed E-state index contributed by atoms with van der Waals surface area (Å²) in [5, 5.41) is 0. The molecule has 0 aliphatic rings. The van der Waals surface area contributed by atoms with Crippen molar-refractivity contribution < 1.29 is 14.3 Å². The average Bonchev–Trinajstić information content (AvgIpc) is 2.18. The molecule has 0 spiro atoms. The van der Waals surface area contributed by atoms with Gasteiger partial charge in [0.15, 0.2) is 0 Å². The summed E-state index contributed by atoms with van der Waals surface area (Å²) in [6.07, 6.45) is 4.67. The predicted octanol–water partition coefficient (Wildman–Crippen LogP) is 0.217. The molecule has 13 heavy (non-hydrogen) atoms. The lowest BCUT2D eigenvalue weighted by Crippen LogP contribution is -2.19. The zero-order valence-corrected chi connectivity index (χ0v) is 7.01. The quantitative estimate of drug-likeness (QED) is 0.378. The number of aromatic nitrogens is 2. The van der Waals surface area contributed by atoms with E-state index in [0.29, 0.717) is 6.29 Å². The standard InChI is InChI=1S/C8H8N2O3/c1-6(5-11)8(12)13-7-4-9-2-3-10-7/h2-6H,1H3. The van der Waals surface area contributed by atoms with Crippen LogP contribution < -0.4 is 4.74 Å². The Morgan fingerprint density at radius 1 is 1.62 bits per heavy atom. The van der Waals surface area contributed by atoms with Crippen molar-refractivity contribution in [3.8, 4) is 5.88 Å². The van der Waals surface area contributed by atoms with E-state index in [0.717, 1.165) is 0 Å². The smallest absolute Gasteiger partial charge is 0.322 e. The fourth-order valence-corrected chi connectivity index (χ4v) is 0.590. The van der Waals surface area contributed by atoms with Crippen LogP contribution in [0, 0.1) is 5.92 Å². The summed E-state index contributed by atoms with van der Waals surface area (Å²) in [5.41, 5.74) is 0. The van der Waals surface area contributed by atoms with Crippen molar-refractivity contribution in [2.24, 2.45) is 5.92 Å². The van der Waals surface area contributed by atoms with Gasteiger partial charge in [-0.2, -0.15) is 0 Å². The molecule has 1 atom stereocenters. The van der Waals surface area contributed by atoms with E-state index in [-0.39, 0.29) is 5.88 Å². The van der Waals surface area contributed by atoms with E-state index < -0.39 is 11.9 Å². The van der Waals surface area contributed by atoms with Gasteiger partial charge in [0.1, 0.15) is 12.2 Å². The van der Waals surface area contributed by atoms with Gasteiger partial charge in [-0.05, 0) is 6.92 Å². The SMILES string of the molecule is CC(C=O)C(=O)Oc1cnccn1. The number of nitrogens with zero attached hydrogens (tertiary/aromatic N) is 2. The lowest BCUT2D eigenvalue weighted by Gasteiger charge is -2.02. The summed E-state index contributed by atoms with van der Waals surface area (Å²) >= 11 is 0. The minimum absolute atomic E-state index is 0.0983. The third-order valence-electron chi connectivity index (χ3n) is 1.32. The molecule has 0 amide bonds. The van der Waals surface area contributed by atoms with Crippen molar-refractivity contribution in [3.05, 3.63) is 18.6 Å². The highest BCUT2D eigenvalue weighted by molar-refractivity contribution is 5.88. The Morgan fingerprint density at radius 2 is 2.38 bits per heavy atom. The topological polar surface area (TPSA) is 69.2 Å². The summed E-state index contributed by atoms with van der Waals surface area (Å²) in [6.45, 7) is 1.45. The molecule has 0 saturated carbocycles. The Labute approximate surface area is 74.8 Å². The molecule has 1 aromatic rings. The fourth-order valence-electron chi connectivity index (χ4n) is 0.590. The van der Waals surface area contributed by atoms with Crippen molar-refractivity contribution in [3.63, 3.8) is 0 Å². The number of hydrogen-bond acceptors (Lipinski definition) is 5. The number of carbonyl (C=O) groups excluding carboxylic acids is 2. The summed E-state index contributed by atoms with van der Waals surface area (Å²) in [7, 11) is 0. The van der Waals surface area contributed by atoms with E-state index in [1.54, 1.807) is 0 Å². The van der Waals surface area contributed by atoms with E-state index in [1.807, 2.05) is 0 Å². The predicted molar refractivity (Wildman–Crippen MR) is 42.9 cm³/mol. The van der Waals surface area contributed by atoms with E-state index in [4.69, 9.17) is 4.74 Å². The molecule has 1 aromatic heterocycles. The molecule has 0 aliphatic heterocycles. The Balaban J connectivity index is 2.60. The van der Waals surface area contributed by atoms with Crippen LogP contribution in [0.4, 0.5) is 0 Å². The van der Waals surface area contributed by atoms with Gasteiger partial charge in [-0.25, -0.2) is 4.98 Å². The second-order valence-corrected chi connectivity index (χ2v) is 2.39. The van der Waals surface area contributed by atoms with Crippen LogP contribution in [0.15, 0.2) is 18.6 Å². The first kappa shape index (κ1) is 9.31. The third kappa shape index (κ3) is 2.62. The van der Waals surface area contributed by atoms with Gasteiger partial charge in [0.05, 0.1) is 6.20 Å². The molecule has 1 rings (SSSR count). The summed E-state index contributed by atoms with van der Waals surface area (Å²) in [5.74, 6) is -1.31. The second kappa shape index (κ2) is 4.30. The highest BCUT2D eigenvalue weighted by atomic mass is 16.5. The number of esters is 1. The van der Waals surface area contributed by atoms with Crippen LogP contribution in [0.2, 0.25) is 0 Å². The molecular formula is C8H8N2O3. The lowest BCUT2D eigenvalue weighted by molar-refractivity contribution is -0.140. The summed E-state index contributed by atoms with van der Waals surface area (Å²) in [6, 6.07) is 0. The van der Waals surface area contributed by atoms with E-state index in [1.165, 1.54) is 25.5 Å². The molecule has 0 aromatic carbocycles. The van der Waals surface area contributed by atoms with E-state index in [2.05, 4.69) is 9.97 Å². The van der Waals surface area contributed by atoms with Crippen LogP contribution in [0.1, 0.15) is 6.92 Å². The summed E-state index contributed by atoms with van der Waals surface area (Å²) < 4.78 is 4.72.